The summed E-state index contributed by atoms with van der Waals surface area (Å²) in [5.74, 6) is -0.706. The Balaban J connectivity index is 2.24. The van der Waals surface area contributed by atoms with Crippen molar-refractivity contribution in [3.63, 3.8) is 0 Å². The summed E-state index contributed by atoms with van der Waals surface area (Å²) in [7, 11) is 0. The monoisotopic (exact) mass is 202 g/mol. The molecule has 0 aromatic rings. The zero-order chi connectivity index (χ0) is 10.8. The molecule has 0 bridgehead atoms. The van der Waals surface area contributed by atoms with Gasteiger partial charge >= 0.3 is 0 Å². The largest absolute Gasteiger partial charge is 0.352 e. The maximum absolute atomic E-state index is 11.1. The van der Waals surface area contributed by atoms with Crippen molar-refractivity contribution in [1.29, 1.82) is 0 Å². The van der Waals surface area contributed by atoms with E-state index >= 15 is 0 Å². The van der Waals surface area contributed by atoms with Crippen LogP contribution in [0.5, 0.6) is 0 Å². The minimum atomic E-state index is -0.538. The lowest BCUT2D eigenvalue weighted by Gasteiger charge is -2.17. The molecule has 1 heterocycles. The van der Waals surface area contributed by atoms with E-state index in [-0.39, 0.29) is 12.0 Å². The van der Waals surface area contributed by atoms with Crippen LogP contribution in [-0.4, -0.2) is 37.0 Å². The summed E-state index contributed by atoms with van der Waals surface area (Å²) in [5, 5.41) is 2.69. The number of ether oxygens (including phenoxy) is 2. The SMILES string of the molecule is CC(N)C(=O)NCC1COC(C)(C)O1. The fourth-order valence-electron chi connectivity index (χ4n) is 1.24. The predicted octanol–water partition coefficient (Wildman–Crippen LogP) is -0.399. The molecular weight excluding hydrogens is 184 g/mol. The lowest BCUT2D eigenvalue weighted by molar-refractivity contribution is -0.139. The maximum Gasteiger partial charge on any atom is 0.236 e. The van der Waals surface area contributed by atoms with Gasteiger partial charge in [0.1, 0.15) is 6.10 Å². The number of carbonyl (C=O) groups is 1. The maximum atomic E-state index is 11.1. The van der Waals surface area contributed by atoms with Crippen molar-refractivity contribution in [3.05, 3.63) is 0 Å². The normalized spacial score (nSPS) is 27.3. The molecule has 2 unspecified atom stereocenters. The third kappa shape index (κ3) is 3.25. The molecule has 0 aromatic heterocycles. The second-order valence-electron chi connectivity index (χ2n) is 3.98. The molecule has 0 radical (unpaired) electrons. The Morgan fingerprint density at radius 3 is 2.79 bits per heavy atom. The highest BCUT2D eigenvalue weighted by Crippen LogP contribution is 2.21. The van der Waals surface area contributed by atoms with Gasteiger partial charge in [-0.25, -0.2) is 0 Å². The van der Waals surface area contributed by atoms with Gasteiger partial charge in [0.25, 0.3) is 0 Å². The van der Waals surface area contributed by atoms with Crippen molar-refractivity contribution in [1.82, 2.24) is 5.32 Å². The van der Waals surface area contributed by atoms with Crippen LogP contribution in [0.3, 0.4) is 0 Å². The highest BCUT2D eigenvalue weighted by Gasteiger charge is 2.32. The molecule has 14 heavy (non-hydrogen) atoms. The van der Waals surface area contributed by atoms with E-state index in [0.717, 1.165) is 0 Å². The highest BCUT2D eigenvalue weighted by molar-refractivity contribution is 5.80. The van der Waals surface area contributed by atoms with Gasteiger partial charge in [-0.2, -0.15) is 0 Å². The Bertz CT molecular complexity index is 216. The summed E-state index contributed by atoms with van der Waals surface area (Å²) in [5.41, 5.74) is 5.39. The van der Waals surface area contributed by atoms with Crippen LogP contribution in [0.2, 0.25) is 0 Å². The number of hydrogen-bond acceptors (Lipinski definition) is 4. The molecule has 2 atom stereocenters. The summed E-state index contributed by atoms with van der Waals surface area (Å²) < 4.78 is 10.8. The van der Waals surface area contributed by atoms with E-state index in [0.29, 0.717) is 13.2 Å². The van der Waals surface area contributed by atoms with Crippen LogP contribution in [0.15, 0.2) is 0 Å². The average molecular weight is 202 g/mol. The first-order valence-electron chi connectivity index (χ1n) is 4.76. The van der Waals surface area contributed by atoms with Crippen molar-refractivity contribution >= 4 is 5.91 Å². The summed E-state index contributed by atoms with van der Waals surface area (Å²) in [6.45, 7) is 6.29. The molecule has 1 aliphatic heterocycles. The van der Waals surface area contributed by atoms with Gasteiger partial charge < -0.3 is 20.5 Å². The van der Waals surface area contributed by atoms with Gasteiger partial charge in [-0.05, 0) is 20.8 Å². The molecule has 1 amide bonds. The Hall–Kier alpha value is -0.650. The Morgan fingerprint density at radius 2 is 2.36 bits per heavy atom. The van der Waals surface area contributed by atoms with Gasteiger partial charge in [0.15, 0.2) is 5.79 Å². The number of rotatable bonds is 3. The Morgan fingerprint density at radius 1 is 1.71 bits per heavy atom. The summed E-state index contributed by atoms with van der Waals surface area (Å²) in [4.78, 5) is 11.1. The topological polar surface area (TPSA) is 73.6 Å². The van der Waals surface area contributed by atoms with E-state index < -0.39 is 11.8 Å². The first-order chi connectivity index (χ1) is 6.41. The molecule has 1 saturated heterocycles. The van der Waals surface area contributed by atoms with E-state index in [2.05, 4.69) is 5.32 Å². The molecule has 0 aliphatic carbocycles. The third-order valence-electron chi connectivity index (χ3n) is 1.98. The Labute approximate surface area is 83.9 Å². The van der Waals surface area contributed by atoms with E-state index in [1.54, 1.807) is 6.92 Å². The fraction of sp³-hybridized carbons (Fsp3) is 0.889. The zero-order valence-electron chi connectivity index (χ0n) is 8.87. The minimum Gasteiger partial charge on any atom is -0.352 e. The van der Waals surface area contributed by atoms with Crippen molar-refractivity contribution in [3.8, 4) is 0 Å². The highest BCUT2D eigenvalue weighted by atomic mass is 16.7. The summed E-state index contributed by atoms with van der Waals surface area (Å²) in [6.07, 6.45) is -0.0762. The number of hydrogen-bond donors (Lipinski definition) is 2. The lowest BCUT2D eigenvalue weighted by Crippen LogP contribution is -2.42. The number of nitrogens with one attached hydrogen (secondary N) is 1. The van der Waals surface area contributed by atoms with Crippen molar-refractivity contribution in [2.75, 3.05) is 13.2 Å². The first kappa shape index (κ1) is 11.4. The molecule has 3 N–H and O–H groups in total. The van der Waals surface area contributed by atoms with Gasteiger partial charge in [-0.15, -0.1) is 0 Å². The van der Waals surface area contributed by atoms with Crippen molar-refractivity contribution in [2.24, 2.45) is 5.73 Å². The summed E-state index contributed by atoms with van der Waals surface area (Å²) in [6, 6.07) is -0.481. The molecule has 0 saturated carbocycles. The molecular formula is C9H18N2O3. The van der Waals surface area contributed by atoms with Crippen LogP contribution in [0.4, 0.5) is 0 Å². The van der Waals surface area contributed by atoms with Gasteiger partial charge in [0, 0.05) is 6.54 Å². The van der Waals surface area contributed by atoms with Gasteiger partial charge in [0.05, 0.1) is 12.6 Å². The Kier molecular flexibility index (Phi) is 3.47. The molecule has 0 aromatic carbocycles. The average Bonchev–Trinajstić information content (AvgIpc) is 2.41. The number of carbonyl (C=O) groups excluding carboxylic acids is 1. The molecule has 5 nitrogen and oxygen atoms in total. The van der Waals surface area contributed by atoms with Crippen LogP contribution in [0.1, 0.15) is 20.8 Å². The second-order valence-corrected chi connectivity index (χ2v) is 3.98. The molecule has 1 aliphatic rings. The van der Waals surface area contributed by atoms with Crippen LogP contribution < -0.4 is 11.1 Å². The standard InChI is InChI=1S/C9H18N2O3/c1-6(10)8(12)11-4-7-5-13-9(2,3)14-7/h6-7H,4-5,10H2,1-3H3,(H,11,12). The quantitative estimate of drug-likeness (QED) is 0.653. The third-order valence-corrected chi connectivity index (χ3v) is 1.98. The molecule has 5 heteroatoms. The summed E-state index contributed by atoms with van der Waals surface area (Å²) >= 11 is 0. The van der Waals surface area contributed by atoms with E-state index in [1.165, 1.54) is 0 Å². The van der Waals surface area contributed by atoms with Crippen molar-refractivity contribution < 1.29 is 14.3 Å². The number of amides is 1. The van der Waals surface area contributed by atoms with Crippen molar-refractivity contribution in [2.45, 2.75) is 38.7 Å². The lowest BCUT2D eigenvalue weighted by atomic mass is 10.3. The van der Waals surface area contributed by atoms with E-state index in [9.17, 15) is 4.79 Å². The fourth-order valence-corrected chi connectivity index (χ4v) is 1.24. The van der Waals surface area contributed by atoms with Gasteiger partial charge in [-0.3, -0.25) is 4.79 Å². The van der Waals surface area contributed by atoms with Gasteiger partial charge in [0.2, 0.25) is 5.91 Å². The molecule has 1 fully saturated rings. The smallest absolute Gasteiger partial charge is 0.236 e. The predicted molar refractivity (Wildman–Crippen MR) is 51.6 cm³/mol. The molecule has 1 rings (SSSR count). The van der Waals surface area contributed by atoms with E-state index in [1.807, 2.05) is 13.8 Å². The molecule has 82 valence electrons. The van der Waals surface area contributed by atoms with Crippen LogP contribution >= 0.6 is 0 Å². The molecule has 0 spiro atoms. The minimum absolute atomic E-state index is 0.0762. The zero-order valence-corrected chi connectivity index (χ0v) is 8.87. The first-order valence-corrected chi connectivity index (χ1v) is 4.76. The second kappa shape index (κ2) is 4.25. The van der Waals surface area contributed by atoms with Crippen LogP contribution in [0, 0.1) is 0 Å². The number of nitrogens with two attached hydrogens (primary N) is 1. The van der Waals surface area contributed by atoms with Crippen LogP contribution in [0.25, 0.3) is 0 Å². The van der Waals surface area contributed by atoms with Crippen LogP contribution in [-0.2, 0) is 14.3 Å². The van der Waals surface area contributed by atoms with E-state index in [4.69, 9.17) is 15.2 Å². The van der Waals surface area contributed by atoms with Gasteiger partial charge in [-0.1, -0.05) is 0 Å².